The van der Waals surface area contributed by atoms with E-state index in [0.29, 0.717) is 17.9 Å². The summed E-state index contributed by atoms with van der Waals surface area (Å²) in [7, 11) is 0. The molecule has 2 rings (SSSR count). The summed E-state index contributed by atoms with van der Waals surface area (Å²) in [5.74, 6) is -0.182. The zero-order chi connectivity index (χ0) is 13.1. The predicted octanol–water partition coefficient (Wildman–Crippen LogP) is 2.27. The molecule has 94 valence electrons. The topological polar surface area (TPSA) is 68.0 Å². The molecule has 2 aromatic heterocycles. The molecule has 18 heavy (non-hydrogen) atoms. The van der Waals surface area contributed by atoms with Crippen molar-refractivity contribution in [3.8, 4) is 0 Å². The normalized spacial score (nSPS) is 10.3. The molecule has 0 fully saturated rings. The van der Waals surface area contributed by atoms with Gasteiger partial charge in [-0.05, 0) is 37.6 Å². The molecule has 0 aliphatic rings. The largest absolute Gasteiger partial charge is 0.397 e. The maximum absolute atomic E-state index is 11.8. The Kier molecular flexibility index (Phi) is 3.62. The SMILES string of the molecule is Cc1cc(CNC(=O)c2ccc(N)cn2)sc1C. The van der Waals surface area contributed by atoms with E-state index in [9.17, 15) is 4.79 Å². The van der Waals surface area contributed by atoms with Crippen LogP contribution in [0.5, 0.6) is 0 Å². The van der Waals surface area contributed by atoms with Crippen molar-refractivity contribution < 1.29 is 4.79 Å². The minimum absolute atomic E-state index is 0.182. The molecule has 3 N–H and O–H groups in total. The van der Waals surface area contributed by atoms with Crippen molar-refractivity contribution in [1.29, 1.82) is 0 Å². The Morgan fingerprint density at radius 1 is 1.44 bits per heavy atom. The number of thiophene rings is 1. The van der Waals surface area contributed by atoms with E-state index in [1.54, 1.807) is 23.5 Å². The van der Waals surface area contributed by atoms with Gasteiger partial charge in [-0.15, -0.1) is 11.3 Å². The Bertz CT molecular complexity index is 541. The number of rotatable bonds is 3. The maximum atomic E-state index is 11.8. The van der Waals surface area contributed by atoms with Gasteiger partial charge in [-0.3, -0.25) is 4.79 Å². The number of amides is 1. The second kappa shape index (κ2) is 5.18. The van der Waals surface area contributed by atoms with Crippen LogP contribution >= 0.6 is 11.3 Å². The number of anilines is 1. The molecule has 1 amide bonds. The van der Waals surface area contributed by atoms with Crippen LogP contribution in [0.2, 0.25) is 0 Å². The first-order chi connectivity index (χ1) is 8.56. The molecule has 0 radical (unpaired) electrons. The average molecular weight is 261 g/mol. The van der Waals surface area contributed by atoms with Crippen LogP contribution < -0.4 is 11.1 Å². The summed E-state index contributed by atoms with van der Waals surface area (Å²) in [5, 5.41) is 2.84. The fourth-order valence-electron chi connectivity index (χ4n) is 1.53. The molecule has 0 aliphatic heterocycles. The van der Waals surface area contributed by atoms with E-state index >= 15 is 0 Å². The molecular weight excluding hydrogens is 246 g/mol. The standard InChI is InChI=1S/C13H15N3OS/c1-8-5-11(18-9(8)2)7-16-13(17)12-4-3-10(14)6-15-12/h3-6H,7,14H2,1-2H3,(H,16,17). The Balaban J connectivity index is 1.98. The van der Waals surface area contributed by atoms with Crippen LogP contribution in [0.15, 0.2) is 24.4 Å². The third-order valence-electron chi connectivity index (χ3n) is 2.66. The molecule has 2 aromatic rings. The van der Waals surface area contributed by atoms with E-state index in [4.69, 9.17) is 5.73 Å². The fourth-order valence-corrected chi connectivity index (χ4v) is 2.53. The van der Waals surface area contributed by atoms with Gasteiger partial charge in [0.25, 0.3) is 5.91 Å². The van der Waals surface area contributed by atoms with Gasteiger partial charge in [0, 0.05) is 9.75 Å². The zero-order valence-electron chi connectivity index (χ0n) is 10.4. The zero-order valence-corrected chi connectivity index (χ0v) is 11.2. The molecular formula is C13H15N3OS. The third kappa shape index (κ3) is 2.87. The van der Waals surface area contributed by atoms with Gasteiger partial charge in [0.15, 0.2) is 0 Å². The molecule has 0 unspecified atom stereocenters. The van der Waals surface area contributed by atoms with Crippen molar-refractivity contribution in [2.75, 3.05) is 5.73 Å². The Morgan fingerprint density at radius 2 is 2.22 bits per heavy atom. The molecule has 0 saturated heterocycles. The maximum Gasteiger partial charge on any atom is 0.270 e. The predicted molar refractivity (Wildman–Crippen MR) is 73.6 cm³/mol. The van der Waals surface area contributed by atoms with E-state index < -0.39 is 0 Å². The average Bonchev–Trinajstić information content (AvgIpc) is 2.67. The lowest BCUT2D eigenvalue weighted by Crippen LogP contribution is -2.23. The van der Waals surface area contributed by atoms with Crippen molar-refractivity contribution in [2.45, 2.75) is 20.4 Å². The number of hydrogen-bond acceptors (Lipinski definition) is 4. The lowest BCUT2D eigenvalue weighted by molar-refractivity contribution is 0.0946. The van der Waals surface area contributed by atoms with Gasteiger partial charge in [0.1, 0.15) is 5.69 Å². The summed E-state index contributed by atoms with van der Waals surface area (Å²) in [6.07, 6.45) is 1.48. The summed E-state index contributed by atoms with van der Waals surface area (Å²) in [6, 6.07) is 5.38. The summed E-state index contributed by atoms with van der Waals surface area (Å²) >= 11 is 1.70. The summed E-state index contributed by atoms with van der Waals surface area (Å²) in [6.45, 7) is 4.68. The van der Waals surface area contributed by atoms with Crippen molar-refractivity contribution in [2.24, 2.45) is 0 Å². The van der Waals surface area contributed by atoms with Crippen molar-refractivity contribution in [3.05, 3.63) is 45.4 Å². The van der Waals surface area contributed by atoms with Gasteiger partial charge in [0.2, 0.25) is 0 Å². The lowest BCUT2D eigenvalue weighted by atomic mass is 10.3. The van der Waals surface area contributed by atoms with Crippen LogP contribution in [0.4, 0.5) is 5.69 Å². The van der Waals surface area contributed by atoms with Crippen LogP contribution in [-0.4, -0.2) is 10.9 Å². The number of hydrogen-bond donors (Lipinski definition) is 2. The van der Waals surface area contributed by atoms with Gasteiger partial charge in [-0.1, -0.05) is 0 Å². The number of nitrogens with one attached hydrogen (secondary N) is 1. The molecule has 0 bridgehead atoms. The van der Waals surface area contributed by atoms with E-state index in [1.165, 1.54) is 16.6 Å². The molecule has 0 spiro atoms. The molecule has 5 heteroatoms. The summed E-state index contributed by atoms with van der Waals surface area (Å²) < 4.78 is 0. The number of carbonyl (C=O) groups excluding carboxylic acids is 1. The number of nitrogens with two attached hydrogens (primary N) is 1. The van der Waals surface area contributed by atoms with Gasteiger partial charge >= 0.3 is 0 Å². The number of nitrogen functional groups attached to an aromatic ring is 1. The van der Waals surface area contributed by atoms with E-state index in [1.807, 2.05) is 0 Å². The molecule has 0 aromatic carbocycles. The van der Waals surface area contributed by atoms with Crippen molar-refractivity contribution >= 4 is 22.9 Å². The second-order valence-electron chi connectivity index (χ2n) is 4.11. The van der Waals surface area contributed by atoms with Crippen molar-refractivity contribution in [3.63, 3.8) is 0 Å². The second-order valence-corrected chi connectivity index (χ2v) is 5.45. The van der Waals surface area contributed by atoms with Crippen LogP contribution in [0, 0.1) is 13.8 Å². The Labute approximate surface area is 110 Å². The number of carbonyl (C=O) groups is 1. The van der Waals surface area contributed by atoms with E-state index in [2.05, 4.69) is 30.2 Å². The smallest absolute Gasteiger partial charge is 0.270 e. The molecule has 0 aliphatic carbocycles. The quantitative estimate of drug-likeness (QED) is 0.890. The van der Waals surface area contributed by atoms with Gasteiger partial charge < -0.3 is 11.1 Å². The molecule has 2 heterocycles. The summed E-state index contributed by atoms with van der Waals surface area (Å²) in [4.78, 5) is 18.2. The molecule has 4 nitrogen and oxygen atoms in total. The Hall–Kier alpha value is -1.88. The number of aromatic nitrogens is 1. The molecule has 0 saturated carbocycles. The highest BCUT2D eigenvalue weighted by Crippen LogP contribution is 2.20. The van der Waals surface area contributed by atoms with E-state index in [-0.39, 0.29) is 5.91 Å². The van der Waals surface area contributed by atoms with Crippen LogP contribution in [0.1, 0.15) is 25.8 Å². The fraction of sp³-hybridized carbons (Fsp3) is 0.231. The Morgan fingerprint density at radius 3 is 2.78 bits per heavy atom. The van der Waals surface area contributed by atoms with Crippen LogP contribution in [0.3, 0.4) is 0 Å². The first-order valence-electron chi connectivity index (χ1n) is 5.62. The molecule has 0 atom stereocenters. The van der Waals surface area contributed by atoms with Crippen molar-refractivity contribution in [1.82, 2.24) is 10.3 Å². The minimum Gasteiger partial charge on any atom is -0.397 e. The highest BCUT2D eigenvalue weighted by atomic mass is 32.1. The lowest BCUT2D eigenvalue weighted by Gasteiger charge is -2.03. The monoisotopic (exact) mass is 261 g/mol. The van der Waals surface area contributed by atoms with Gasteiger partial charge in [-0.25, -0.2) is 4.98 Å². The van der Waals surface area contributed by atoms with Crippen LogP contribution in [0.25, 0.3) is 0 Å². The van der Waals surface area contributed by atoms with Gasteiger partial charge in [0.05, 0.1) is 18.4 Å². The van der Waals surface area contributed by atoms with Gasteiger partial charge in [-0.2, -0.15) is 0 Å². The van der Waals surface area contributed by atoms with Crippen LogP contribution in [-0.2, 0) is 6.54 Å². The first-order valence-corrected chi connectivity index (χ1v) is 6.43. The number of pyridine rings is 1. The van der Waals surface area contributed by atoms with E-state index in [0.717, 1.165) is 4.88 Å². The summed E-state index contributed by atoms with van der Waals surface area (Å²) in [5.41, 5.74) is 7.71. The highest BCUT2D eigenvalue weighted by molar-refractivity contribution is 7.12. The third-order valence-corrected chi connectivity index (χ3v) is 3.81. The number of nitrogens with zero attached hydrogens (tertiary/aromatic N) is 1. The highest BCUT2D eigenvalue weighted by Gasteiger charge is 2.07. The number of aryl methyl sites for hydroxylation is 2. The minimum atomic E-state index is -0.182. The first kappa shape index (κ1) is 12.6.